The number of hydrogen-bond acceptors (Lipinski definition) is 3. The molecule has 0 unspecified atom stereocenters. The van der Waals surface area contributed by atoms with E-state index in [0.29, 0.717) is 12.2 Å². The third kappa shape index (κ3) is 2.67. The van der Waals surface area contributed by atoms with E-state index in [1.807, 2.05) is 44.2 Å². The highest BCUT2D eigenvalue weighted by Crippen LogP contribution is 2.25. The summed E-state index contributed by atoms with van der Waals surface area (Å²) in [5.41, 5.74) is 3.50. The molecule has 0 spiro atoms. The summed E-state index contributed by atoms with van der Waals surface area (Å²) in [6.45, 7) is 4.33. The largest absolute Gasteiger partial charge is 0.487 e. The summed E-state index contributed by atoms with van der Waals surface area (Å²) in [6, 6.07) is 11.5. The van der Waals surface area contributed by atoms with Crippen LogP contribution in [0.1, 0.15) is 22.4 Å². The molecule has 0 fully saturated rings. The second kappa shape index (κ2) is 5.33. The highest BCUT2D eigenvalue weighted by atomic mass is 16.5. The minimum Gasteiger partial charge on any atom is -0.487 e. The molecule has 1 heterocycles. The summed E-state index contributed by atoms with van der Waals surface area (Å²) >= 11 is 0. The molecule has 3 heteroatoms. The van der Waals surface area contributed by atoms with Gasteiger partial charge in [0.1, 0.15) is 12.4 Å². The molecule has 1 aromatic carbocycles. The predicted molar refractivity (Wildman–Crippen MR) is 69.2 cm³/mol. The average molecular weight is 238 g/mol. The first-order chi connectivity index (χ1) is 8.70. The van der Waals surface area contributed by atoms with Crippen LogP contribution in [0, 0.1) is 25.2 Å². The molecule has 0 radical (unpaired) electrons. The minimum absolute atomic E-state index is 0.439. The van der Waals surface area contributed by atoms with Crippen molar-refractivity contribution in [1.82, 2.24) is 4.98 Å². The molecule has 0 atom stereocenters. The average Bonchev–Trinajstić information content (AvgIpc) is 2.38. The van der Waals surface area contributed by atoms with E-state index in [-0.39, 0.29) is 0 Å². The van der Waals surface area contributed by atoms with E-state index in [4.69, 9.17) is 10.00 Å². The van der Waals surface area contributed by atoms with Crippen molar-refractivity contribution in [2.24, 2.45) is 0 Å². The van der Waals surface area contributed by atoms with E-state index in [1.165, 1.54) is 0 Å². The van der Waals surface area contributed by atoms with Crippen LogP contribution in [-0.2, 0) is 6.61 Å². The Morgan fingerprint density at radius 1 is 1.22 bits per heavy atom. The van der Waals surface area contributed by atoms with Crippen LogP contribution in [0.2, 0.25) is 0 Å². The maximum absolute atomic E-state index is 8.88. The minimum atomic E-state index is 0.439. The lowest BCUT2D eigenvalue weighted by Gasteiger charge is -2.12. The first kappa shape index (κ1) is 12.1. The maximum Gasteiger partial charge on any atom is 0.130 e. The van der Waals surface area contributed by atoms with Gasteiger partial charge in [-0.05, 0) is 49.2 Å². The van der Waals surface area contributed by atoms with Crippen LogP contribution in [0.15, 0.2) is 36.5 Å². The van der Waals surface area contributed by atoms with Crippen molar-refractivity contribution in [3.8, 4) is 11.8 Å². The van der Waals surface area contributed by atoms with Gasteiger partial charge in [0, 0.05) is 6.20 Å². The van der Waals surface area contributed by atoms with Crippen molar-refractivity contribution in [2.45, 2.75) is 20.5 Å². The molecule has 3 nitrogen and oxygen atoms in total. The van der Waals surface area contributed by atoms with E-state index in [0.717, 1.165) is 22.6 Å². The normalized spacial score (nSPS) is 9.83. The molecule has 0 bridgehead atoms. The van der Waals surface area contributed by atoms with Gasteiger partial charge in [-0.2, -0.15) is 5.26 Å². The lowest BCUT2D eigenvalue weighted by atomic mass is 10.1. The van der Waals surface area contributed by atoms with Crippen molar-refractivity contribution >= 4 is 0 Å². The van der Waals surface area contributed by atoms with Gasteiger partial charge in [0.15, 0.2) is 0 Å². The predicted octanol–water partition coefficient (Wildman–Crippen LogP) is 3.15. The maximum atomic E-state index is 8.88. The Morgan fingerprint density at radius 3 is 2.50 bits per heavy atom. The summed E-state index contributed by atoms with van der Waals surface area (Å²) in [5.74, 6) is 0.833. The van der Waals surface area contributed by atoms with Crippen LogP contribution in [-0.4, -0.2) is 4.98 Å². The standard InChI is InChI=1S/C15H14N2O/c1-11-7-13(9-16)8-12(2)15(11)18-10-14-5-3-4-6-17-14/h3-8H,10H2,1-2H3. The molecule has 0 saturated heterocycles. The van der Waals surface area contributed by atoms with E-state index in [1.54, 1.807) is 6.20 Å². The molecule has 1 aromatic heterocycles. The summed E-state index contributed by atoms with van der Waals surface area (Å²) in [7, 11) is 0. The van der Waals surface area contributed by atoms with Gasteiger partial charge < -0.3 is 4.74 Å². The van der Waals surface area contributed by atoms with Crippen molar-refractivity contribution in [3.63, 3.8) is 0 Å². The van der Waals surface area contributed by atoms with E-state index in [2.05, 4.69) is 11.1 Å². The Morgan fingerprint density at radius 2 is 1.94 bits per heavy atom. The number of aromatic nitrogens is 1. The zero-order valence-corrected chi connectivity index (χ0v) is 10.5. The Labute approximate surface area is 107 Å². The van der Waals surface area contributed by atoms with Crippen molar-refractivity contribution in [2.75, 3.05) is 0 Å². The van der Waals surface area contributed by atoms with E-state index >= 15 is 0 Å². The van der Waals surface area contributed by atoms with Crippen LogP contribution >= 0.6 is 0 Å². The van der Waals surface area contributed by atoms with E-state index in [9.17, 15) is 0 Å². The number of benzene rings is 1. The zero-order chi connectivity index (χ0) is 13.0. The summed E-state index contributed by atoms with van der Waals surface area (Å²) in [6.07, 6.45) is 1.75. The van der Waals surface area contributed by atoms with Gasteiger partial charge in [0.2, 0.25) is 0 Å². The van der Waals surface area contributed by atoms with Crippen molar-refractivity contribution in [1.29, 1.82) is 5.26 Å². The Kier molecular flexibility index (Phi) is 3.59. The summed E-state index contributed by atoms with van der Waals surface area (Å²) in [5, 5.41) is 8.88. The Balaban J connectivity index is 2.18. The topological polar surface area (TPSA) is 45.9 Å². The zero-order valence-electron chi connectivity index (χ0n) is 10.5. The van der Waals surface area contributed by atoms with Crippen LogP contribution in [0.3, 0.4) is 0 Å². The molecule has 0 N–H and O–H groups in total. The first-order valence-electron chi connectivity index (χ1n) is 5.75. The van der Waals surface area contributed by atoms with Crippen LogP contribution in [0.5, 0.6) is 5.75 Å². The number of rotatable bonds is 3. The highest BCUT2D eigenvalue weighted by Gasteiger charge is 2.06. The Hall–Kier alpha value is -2.34. The van der Waals surface area contributed by atoms with Gasteiger partial charge in [-0.25, -0.2) is 0 Å². The van der Waals surface area contributed by atoms with Crippen LogP contribution in [0.4, 0.5) is 0 Å². The van der Waals surface area contributed by atoms with Gasteiger partial charge in [-0.1, -0.05) is 6.07 Å². The quantitative estimate of drug-likeness (QED) is 0.825. The molecule has 2 aromatic rings. The van der Waals surface area contributed by atoms with Gasteiger partial charge >= 0.3 is 0 Å². The number of nitriles is 1. The van der Waals surface area contributed by atoms with Crippen LogP contribution < -0.4 is 4.74 Å². The number of ether oxygens (including phenoxy) is 1. The van der Waals surface area contributed by atoms with Crippen molar-refractivity contribution in [3.05, 3.63) is 58.9 Å². The summed E-state index contributed by atoms with van der Waals surface area (Å²) < 4.78 is 5.78. The molecule has 0 saturated carbocycles. The fourth-order valence-electron chi connectivity index (χ4n) is 1.87. The molecule has 0 amide bonds. The lowest BCUT2D eigenvalue weighted by molar-refractivity contribution is 0.297. The van der Waals surface area contributed by atoms with Gasteiger partial charge in [0.25, 0.3) is 0 Å². The molecule has 90 valence electrons. The van der Waals surface area contributed by atoms with Crippen LogP contribution in [0.25, 0.3) is 0 Å². The number of nitrogens with zero attached hydrogens (tertiary/aromatic N) is 2. The number of hydrogen-bond donors (Lipinski definition) is 0. The molecule has 0 aliphatic rings. The second-order valence-electron chi connectivity index (χ2n) is 4.16. The summed E-state index contributed by atoms with van der Waals surface area (Å²) in [4.78, 5) is 4.21. The van der Waals surface area contributed by atoms with Gasteiger partial charge in [0.05, 0.1) is 17.3 Å². The third-order valence-electron chi connectivity index (χ3n) is 2.68. The molecular formula is C15H14N2O. The number of pyridine rings is 1. The lowest BCUT2D eigenvalue weighted by Crippen LogP contribution is -2.01. The number of aryl methyl sites for hydroxylation is 2. The van der Waals surface area contributed by atoms with E-state index < -0.39 is 0 Å². The monoisotopic (exact) mass is 238 g/mol. The molecule has 2 rings (SSSR count). The first-order valence-corrected chi connectivity index (χ1v) is 5.75. The molecule has 0 aliphatic carbocycles. The smallest absolute Gasteiger partial charge is 0.130 e. The molecular weight excluding hydrogens is 224 g/mol. The molecule has 0 aliphatic heterocycles. The third-order valence-corrected chi connectivity index (χ3v) is 2.68. The van der Waals surface area contributed by atoms with Gasteiger partial charge in [-0.15, -0.1) is 0 Å². The highest BCUT2D eigenvalue weighted by molar-refractivity contribution is 5.47. The fourth-order valence-corrected chi connectivity index (χ4v) is 1.87. The van der Waals surface area contributed by atoms with Gasteiger partial charge in [-0.3, -0.25) is 4.98 Å². The molecule has 18 heavy (non-hydrogen) atoms. The fraction of sp³-hybridized carbons (Fsp3) is 0.200. The SMILES string of the molecule is Cc1cc(C#N)cc(C)c1OCc1ccccn1. The Bertz CT molecular complexity index is 562. The second-order valence-corrected chi connectivity index (χ2v) is 4.16. The van der Waals surface area contributed by atoms with Crippen molar-refractivity contribution < 1.29 is 4.74 Å².